The van der Waals surface area contributed by atoms with Crippen LogP contribution in [0.2, 0.25) is 5.02 Å². The molecular formula is C20H23ClFNO3S2. The van der Waals surface area contributed by atoms with Gasteiger partial charge in [-0.25, -0.2) is 4.39 Å². The summed E-state index contributed by atoms with van der Waals surface area (Å²) in [4.78, 5) is 13.2. The van der Waals surface area contributed by atoms with E-state index in [-0.39, 0.29) is 17.0 Å². The molecule has 0 spiro atoms. The molecule has 2 aromatic carbocycles. The lowest BCUT2D eigenvalue weighted by atomic mass is 10.2. The van der Waals surface area contributed by atoms with Gasteiger partial charge in [-0.15, -0.1) is 11.8 Å². The highest BCUT2D eigenvalue weighted by atomic mass is 35.5. The molecule has 0 aliphatic rings. The van der Waals surface area contributed by atoms with Crippen molar-refractivity contribution in [3.63, 3.8) is 0 Å². The molecule has 1 atom stereocenters. The smallest absolute Gasteiger partial charge is 0.233 e. The zero-order valence-electron chi connectivity index (χ0n) is 16.0. The van der Waals surface area contributed by atoms with Gasteiger partial charge in [0, 0.05) is 33.5 Å². The predicted octanol–water partition coefficient (Wildman–Crippen LogP) is 5.03. The van der Waals surface area contributed by atoms with Crippen molar-refractivity contribution < 1.29 is 18.7 Å². The number of hydrogen-bond acceptors (Lipinski definition) is 5. The van der Waals surface area contributed by atoms with Crippen LogP contribution in [0, 0.1) is 5.82 Å². The quantitative estimate of drug-likeness (QED) is 0.412. The van der Waals surface area contributed by atoms with Gasteiger partial charge >= 0.3 is 0 Å². The van der Waals surface area contributed by atoms with E-state index in [4.69, 9.17) is 21.1 Å². The highest BCUT2D eigenvalue weighted by molar-refractivity contribution is 8.00. The van der Waals surface area contributed by atoms with Crippen LogP contribution in [0.25, 0.3) is 0 Å². The van der Waals surface area contributed by atoms with Crippen molar-refractivity contribution in [2.45, 2.75) is 22.8 Å². The Morgan fingerprint density at radius 1 is 1.21 bits per heavy atom. The van der Waals surface area contributed by atoms with Gasteiger partial charge in [-0.05, 0) is 37.3 Å². The van der Waals surface area contributed by atoms with Crippen LogP contribution in [0.1, 0.15) is 12.5 Å². The summed E-state index contributed by atoms with van der Waals surface area (Å²) in [6.07, 6.45) is 0. The molecule has 152 valence electrons. The van der Waals surface area contributed by atoms with Gasteiger partial charge in [-0.2, -0.15) is 11.8 Å². The molecule has 28 heavy (non-hydrogen) atoms. The summed E-state index contributed by atoms with van der Waals surface area (Å²) in [5, 5.41) is 3.07. The van der Waals surface area contributed by atoms with Gasteiger partial charge in [0.2, 0.25) is 5.91 Å². The second-order valence-electron chi connectivity index (χ2n) is 5.82. The molecule has 0 aromatic heterocycles. The molecule has 0 aliphatic heterocycles. The summed E-state index contributed by atoms with van der Waals surface area (Å²) in [6.45, 7) is 2.36. The molecule has 1 amide bonds. The van der Waals surface area contributed by atoms with E-state index in [1.807, 2.05) is 25.1 Å². The molecule has 0 bridgehead atoms. The number of rotatable bonds is 10. The molecule has 0 aliphatic carbocycles. The maximum Gasteiger partial charge on any atom is 0.233 e. The van der Waals surface area contributed by atoms with Gasteiger partial charge in [0.25, 0.3) is 0 Å². The van der Waals surface area contributed by atoms with E-state index in [0.717, 1.165) is 4.90 Å². The van der Waals surface area contributed by atoms with E-state index in [0.29, 0.717) is 40.1 Å². The maximum atomic E-state index is 13.7. The van der Waals surface area contributed by atoms with E-state index >= 15 is 0 Å². The van der Waals surface area contributed by atoms with Crippen LogP contribution in [-0.4, -0.2) is 37.7 Å². The fourth-order valence-corrected chi connectivity index (χ4v) is 4.50. The fourth-order valence-electron chi connectivity index (χ4n) is 2.38. The van der Waals surface area contributed by atoms with Crippen LogP contribution < -0.4 is 14.8 Å². The van der Waals surface area contributed by atoms with Crippen LogP contribution in [0.15, 0.2) is 41.3 Å². The minimum atomic E-state index is -0.302. The van der Waals surface area contributed by atoms with Gasteiger partial charge in [-0.3, -0.25) is 4.79 Å². The van der Waals surface area contributed by atoms with Gasteiger partial charge in [0.05, 0.1) is 19.5 Å². The van der Waals surface area contributed by atoms with Gasteiger partial charge in [-0.1, -0.05) is 17.7 Å². The number of halogens is 2. The molecule has 8 heteroatoms. The number of amides is 1. The predicted molar refractivity (Wildman–Crippen MR) is 115 cm³/mol. The third kappa shape index (κ3) is 6.50. The topological polar surface area (TPSA) is 47.6 Å². The van der Waals surface area contributed by atoms with Crippen molar-refractivity contribution in [3.8, 4) is 11.5 Å². The third-order valence-corrected chi connectivity index (χ3v) is 6.32. The second-order valence-corrected chi connectivity index (χ2v) is 8.75. The maximum absolute atomic E-state index is 13.7. The first-order valence-corrected chi connectivity index (χ1v) is 11.0. The Kier molecular flexibility index (Phi) is 9.28. The Bertz CT molecular complexity index is 787. The molecular weight excluding hydrogens is 421 g/mol. The van der Waals surface area contributed by atoms with Gasteiger partial charge in [0.1, 0.15) is 5.82 Å². The molecule has 0 fully saturated rings. The van der Waals surface area contributed by atoms with Crippen molar-refractivity contribution in [3.05, 3.63) is 52.8 Å². The highest BCUT2D eigenvalue weighted by Gasteiger charge is 2.15. The number of methoxy groups -OCH3 is 2. The lowest BCUT2D eigenvalue weighted by Crippen LogP contribution is -2.32. The minimum absolute atomic E-state index is 0.0516. The Hall–Kier alpha value is -1.57. The van der Waals surface area contributed by atoms with Crippen molar-refractivity contribution in [1.29, 1.82) is 0 Å². The average molecular weight is 444 g/mol. The first kappa shape index (κ1) is 22.7. The molecule has 0 unspecified atom stereocenters. The summed E-state index contributed by atoms with van der Waals surface area (Å²) in [5.74, 6) is 2.06. The standard InChI is InChI=1S/C20H23ClFNO3S2/c1-13(28-14-7-8-18(25-2)19(11-14)26-3)20(24)23-9-10-27-12-15-16(21)5-4-6-17(15)22/h4-8,11,13H,9-10,12H2,1-3H3,(H,23,24)/t13-/m0/s1. The summed E-state index contributed by atoms with van der Waals surface area (Å²) in [6, 6.07) is 10.2. The number of nitrogens with one attached hydrogen (secondary N) is 1. The third-order valence-electron chi connectivity index (χ3n) is 3.89. The SMILES string of the molecule is COc1ccc(S[C@@H](C)C(=O)NCCSCc2c(F)cccc2Cl)cc1OC. The van der Waals surface area contributed by atoms with Crippen LogP contribution in [0.5, 0.6) is 11.5 Å². The number of carbonyl (C=O) groups is 1. The molecule has 0 saturated heterocycles. The molecule has 0 radical (unpaired) electrons. The van der Waals surface area contributed by atoms with E-state index in [9.17, 15) is 9.18 Å². The lowest BCUT2D eigenvalue weighted by Gasteiger charge is -2.14. The summed E-state index contributed by atoms with van der Waals surface area (Å²) in [7, 11) is 3.16. The van der Waals surface area contributed by atoms with E-state index < -0.39 is 0 Å². The number of ether oxygens (including phenoxy) is 2. The molecule has 0 saturated carbocycles. The normalized spacial score (nSPS) is 11.8. The number of hydrogen-bond donors (Lipinski definition) is 1. The minimum Gasteiger partial charge on any atom is -0.493 e. The highest BCUT2D eigenvalue weighted by Crippen LogP contribution is 2.33. The van der Waals surface area contributed by atoms with Crippen molar-refractivity contribution in [2.24, 2.45) is 0 Å². The fraction of sp³-hybridized carbons (Fsp3) is 0.350. The van der Waals surface area contributed by atoms with Crippen LogP contribution >= 0.6 is 35.1 Å². The Morgan fingerprint density at radius 3 is 2.64 bits per heavy atom. The Morgan fingerprint density at radius 2 is 1.96 bits per heavy atom. The summed E-state index contributed by atoms with van der Waals surface area (Å²) >= 11 is 8.98. The van der Waals surface area contributed by atoms with Gasteiger partial charge in [0.15, 0.2) is 11.5 Å². The zero-order chi connectivity index (χ0) is 20.5. The van der Waals surface area contributed by atoms with E-state index in [1.54, 1.807) is 26.4 Å². The molecule has 0 heterocycles. The Labute approximate surface area is 178 Å². The van der Waals surface area contributed by atoms with Crippen LogP contribution in [-0.2, 0) is 10.5 Å². The molecule has 1 N–H and O–H groups in total. The molecule has 2 aromatic rings. The lowest BCUT2D eigenvalue weighted by molar-refractivity contribution is -0.120. The van der Waals surface area contributed by atoms with Crippen molar-refractivity contribution in [1.82, 2.24) is 5.32 Å². The number of carbonyl (C=O) groups excluding carboxylic acids is 1. The first-order chi connectivity index (χ1) is 13.5. The Balaban J connectivity index is 1.75. The first-order valence-electron chi connectivity index (χ1n) is 8.63. The molecule has 4 nitrogen and oxygen atoms in total. The molecule has 2 rings (SSSR count). The van der Waals surface area contributed by atoms with Gasteiger partial charge < -0.3 is 14.8 Å². The zero-order valence-corrected chi connectivity index (χ0v) is 18.3. The van der Waals surface area contributed by atoms with Crippen molar-refractivity contribution in [2.75, 3.05) is 26.5 Å². The largest absolute Gasteiger partial charge is 0.493 e. The summed E-state index contributed by atoms with van der Waals surface area (Å²) in [5.41, 5.74) is 0.498. The summed E-state index contributed by atoms with van der Waals surface area (Å²) < 4.78 is 24.2. The van der Waals surface area contributed by atoms with Crippen molar-refractivity contribution >= 4 is 41.0 Å². The average Bonchev–Trinajstić information content (AvgIpc) is 2.69. The van der Waals surface area contributed by atoms with Crippen LogP contribution in [0.4, 0.5) is 4.39 Å². The van der Waals surface area contributed by atoms with E-state index in [2.05, 4.69) is 5.32 Å². The number of thioether (sulfide) groups is 2. The number of benzene rings is 2. The van der Waals surface area contributed by atoms with E-state index in [1.165, 1.54) is 29.6 Å². The monoisotopic (exact) mass is 443 g/mol. The second kappa shape index (κ2) is 11.4. The van der Waals surface area contributed by atoms with Crippen LogP contribution in [0.3, 0.4) is 0 Å².